The van der Waals surface area contributed by atoms with Crippen molar-refractivity contribution in [1.82, 2.24) is 10.2 Å². The molecule has 20 heavy (non-hydrogen) atoms. The minimum absolute atomic E-state index is 0.299. The maximum absolute atomic E-state index is 12.5. The molecule has 0 aromatic carbocycles. The molecule has 1 aliphatic carbocycles. The van der Waals surface area contributed by atoms with Crippen LogP contribution in [-0.4, -0.2) is 48.7 Å². The monoisotopic (exact) mass is 282 g/mol. The molecule has 4 heteroatoms. The first kappa shape index (κ1) is 15.8. The van der Waals surface area contributed by atoms with E-state index >= 15 is 0 Å². The third-order valence-corrected chi connectivity index (χ3v) is 4.58. The zero-order valence-electron chi connectivity index (χ0n) is 13.2. The normalized spacial score (nSPS) is 29.5. The molecule has 1 heterocycles. The van der Waals surface area contributed by atoms with E-state index in [0.29, 0.717) is 36.4 Å². The fraction of sp³-hybridized carbons (Fsp3) is 0.938. The number of nitrogens with zero attached hydrogens (tertiary/aromatic N) is 1. The Morgan fingerprint density at radius 2 is 2.15 bits per heavy atom. The molecule has 2 fully saturated rings. The molecule has 0 bridgehead atoms. The molecule has 1 amide bonds. The van der Waals surface area contributed by atoms with Crippen molar-refractivity contribution >= 4 is 5.91 Å². The van der Waals surface area contributed by atoms with Crippen molar-refractivity contribution in [2.45, 2.75) is 71.1 Å². The average Bonchev–Trinajstić information content (AvgIpc) is 2.85. The quantitative estimate of drug-likeness (QED) is 0.778. The van der Waals surface area contributed by atoms with Crippen molar-refractivity contribution in [3.63, 3.8) is 0 Å². The highest BCUT2D eigenvalue weighted by Crippen LogP contribution is 2.33. The van der Waals surface area contributed by atoms with E-state index in [1.54, 1.807) is 0 Å². The molecule has 0 radical (unpaired) electrons. The highest BCUT2D eigenvalue weighted by molar-refractivity contribution is 5.77. The summed E-state index contributed by atoms with van der Waals surface area (Å²) in [6.45, 7) is 9.04. The molecular formula is C16H30N2O2. The number of ether oxygens (including phenoxy) is 1. The fourth-order valence-corrected chi connectivity index (χ4v) is 3.33. The highest BCUT2D eigenvalue weighted by atomic mass is 16.5. The second kappa shape index (κ2) is 7.41. The molecule has 1 N–H and O–H groups in total. The van der Waals surface area contributed by atoms with Crippen LogP contribution >= 0.6 is 0 Å². The van der Waals surface area contributed by atoms with E-state index in [4.69, 9.17) is 4.74 Å². The number of carbonyl (C=O) groups is 1. The van der Waals surface area contributed by atoms with Crippen LogP contribution in [0.4, 0.5) is 0 Å². The Balaban J connectivity index is 1.75. The highest BCUT2D eigenvalue weighted by Gasteiger charge is 2.33. The van der Waals surface area contributed by atoms with Crippen LogP contribution in [0.25, 0.3) is 0 Å². The van der Waals surface area contributed by atoms with E-state index in [9.17, 15) is 4.79 Å². The average molecular weight is 282 g/mol. The lowest BCUT2D eigenvalue weighted by Gasteiger charge is -2.37. The van der Waals surface area contributed by atoms with Crippen LogP contribution in [-0.2, 0) is 9.53 Å². The molecular weight excluding hydrogens is 252 g/mol. The van der Waals surface area contributed by atoms with E-state index in [1.807, 2.05) is 6.92 Å². The zero-order chi connectivity index (χ0) is 14.5. The Morgan fingerprint density at radius 1 is 1.40 bits per heavy atom. The topological polar surface area (TPSA) is 41.6 Å². The van der Waals surface area contributed by atoms with Gasteiger partial charge in [-0.2, -0.15) is 0 Å². The smallest absolute Gasteiger partial charge is 0.223 e. The molecule has 0 spiro atoms. The Bertz CT molecular complexity index is 308. The van der Waals surface area contributed by atoms with E-state index in [0.717, 1.165) is 32.5 Å². The summed E-state index contributed by atoms with van der Waals surface area (Å²) < 4.78 is 5.57. The van der Waals surface area contributed by atoms with Crippen molar-refractivity contribution in [3.8, 4) is 0 Å². The summed E-state index contributed by atoms with van der Waals surface area (Å²) in [6.07, 6.45) is 5.67. The zero-order valence-corrected chi connectivity index (χ0v) is 13.2. The Kier molecular flexibility index (Phi) is 5.85. The predicted molar refractivity (Wildman–Crippen MR) is 80.6 cm³/mol. The summed E-state index contributed by atoms with van der Waals surface area (Å²) in [4.78, 5) is 14.6. The van der Waals surface area contributed by atoms with Gasteiger partial charge in [-0.15, -0.1) is 0 Å². The van der Waals surface area contributed by atoms with Crippen molar-refractivity contribution in [1.29, 1.82) is 0 Å². The van der Waals surface area contributed by atoms with Crippen LogP contribution in [0.3, 0.4) is 0 Å². The van der Waals surface area contributed by atoms with E-state index in [1.165, 1.54) is 12.8 Å². The first-order valence-corrected chi connectivity index (χ1v) is 8.24. The molecule has 0 aromatic rings. The third kappa shape index (κ3) is 4.19. The van der Waals surface area contributed by atoms with Crippen molar-refractivity contribution in [2.24, 2.45) is 5.92 Å². The lowest BCUT2D eigenvalue weighted by Crippen LogP contribution is -2.46. The van der Waals surface area contributed by atoms with Gasteiger partial charge in [-0.25, -0.2) is 0 Å². The Morgan fingerprint density at radius 3 is 2.70 bits per heavy atom. The Hall–Kier alpha value is -0.610. The van der Waals surface area contributed by atoms with Crippen molar-refractivity contribution in [2.75, 3.05) is 19.7 Å². The SMILES string of the molecule is CCOC1CC(CC(=O)N(CC2CCCN2)C(C)C)C1. The summed E-state index contributed by atoms with van der Waals surface area (Å²) in [6, 6.07) is 0.798. The van der Waals surface area contributed by atoms with Gasteiger partial charge >= 0.3 is 0 Å². The molecule has 1 aliphatic heterocycles. The largest absolute Gasteiger partial charge is 0.378 e. The second-order valence-corrected chi connectivity index (χ2v) is 6.55. The van der Waals surface area contributed by atoms with Crippen LogP contribution in [0.2, 0.25) is 0 Å². The first-order valence-electron chi connectivity index (χ1n) is 8.24. The van der Waals surface area contributed by atoms with Gasteiger partial charge < -0.3 is 15.0 Å². The van der Waals surface area contributed by atoms with Gasteiger partial charge in [-0.05, 0) is 58.9 Å². The predicted octanol–water partition coefficient (Wildman–Crippen LogP) is 2.18. The molecule has 1 atom stereocenters. The number of carbonyl (C=O) groups excluding carboxylic acids is 1. The van der Waals surface area contributed by atoms with Crippen LogP contribution in [0.1, 0.15) is 52.9 Å². The number of nitrogens with one attached hydrogen (secondary N) is 1. The summed E-state index contributed by atoms with van der Waals surface area (Å²) >= 11 is 0. The van der Waals surface area contributed by atoms with Gasteiger partial charge in [0.25, 0.3) is 0 Å². The van der Waals surface area contributed by atoms with Gasteiger partial charge in [-0.1, -0.05) is 0 Å². The van der Waals surface area contributed by atoms with Crippen LogP contribution in [0.5, 0.6) is 0 Å². The van der Waals surface area contributed by atoms with Gasteiger partial charge in [0, 0.05) is 31.7 Å². The van der Waals surface area contributed by atoms with Crippen LogP contribution in [0, 0.1) is 5.92 Å². The third-order valence-electron chi connectivity index (χ3n) is 4.58. The molecule has 4 nitrogen and oxygen atoms in total. The molecule has 116 valence electrons. The number of hydrogen-bond donors (Lipinski definition) is 1. The molecule has 2 aliphatic rings. The second-order valence-electron chi connectivity index (χ2n) is 6.55. The standard InChI is InChI=1S/C16H30N2O2/c1-4-20-15-8-13(9-15)10-16(19)18(12(2)3)11-14-6-5-7-17-14/h12-15,17H,4-11H2,1-3H3. The summed E-state index contributed by atoms with van der Waals surface area (Å²) in [5, 5.41) is 3.49. The molecule has 1 saturated heterocycles. The molecule has 2 rings (SSSR count). The summed E-state index contributed by atoms with van der Waals surface area (Å²) in [5.74, 6) is 0.866. The maximum atomic E-state index is 12.5. The van der Waals surface area contributed by atoms with Crippen LogP contribution < -0.4 is 5.32 Å². The molecule has 1 unspecified atom stereocenters. The van der Waals surface area contributed by atoms with E-state index in [2.05, 4.69) is 24.1 Å². The minimum Gasteiger partial charge on any atom is -0.378 e. The summed E-state index contributed by atoms with van der Waals surface area (Å²) in [5.41, 5.74) is 0. The van der Waals surface area contributed by atoms with Crippen molar-refractivity contribution in [3.05, 3.63) is 0 Å². The maximum Gasteiger partial charge on any atom is 0.223 e. The lowest BCUT2D eigenvalue weighted by atomic mass is 9.79. The van der Waals surface area contributed by atoms with Crippen molar-refractivity contribution < 1.29 is 9.53 Å². The molecule has 0 aromatic heterocycles. The number of rotatable bonds is 7. The molecule has 1 saturated carbocycles. The van der Waals surface area contributed by atoms with Gasteiger partial charge in [0.05, 0.1) is 6.10 Å². The minimum atomic E-state index is 0.299. The van der Waals surface area contributed by atoms with Gasteiger partial charge in [0.15, 0.2) is 0 Å². The van der Waals surface area contributed by atoms with E-state index in [-0.39, 0.29) is 0 Å². The lowest BCUT2D eigenvalue weighted by molar-refractivity contribution is -0.136. The number of amides is 1. The van der Waals surface area contributed by atoms with Gasteiger partial charge in [0.1, 0.15) is 0 Å². The fourth-order valence-electron chi connectivity index (χ4n) is 3.33. The first-order chi connectivity index (χ1) is 9.60. The van der Waals surface area contributed by atoms with Gasteiger partial charge in [0.2, 0.25) is 5.91 Å². The van der Waals surface area contributed by atoms with Gasteiger partial charge in [-0.3, -0.25) is 4.79 Å². The Labute approximate surface area is 123 Å². The van der Waals surface area contributed by atoms with Crippen LogP contribution in [0.15, 0.2) is 0 Å². The number of hydrogen-bond acceptors (Lipinski definition) is 3. The summed E-state index contributed by atoms with van der Waals surface area (Å²) in [7, 11) is 0. The van der Waals surface area contributed by atoms with E-state index < -0.39 is 0 Å².